The topological polar surface area (TPSA) is 88.1 Å². The molecule has 7 nitrogen and oxygen atoms in total. The van der Waals surface area contributed by atoms with E-state index in [1.54, 1.807) is 10.9 Å². The van der Waals surface area contributed by atoms with Gasteiger partial charge in [0.25, 0.3) is 0 Å². The van der Waals surface area contributed by atoms with Gasteiger partial charge in [-0.15, -0.1) is 0 Å². The molecule has 0 bridgehead atoms. The van der Waals surface area contributed by atoms with Gasteiger partial charge in [0, 0.05) is 19.3 Å². The van der Waals surface area contributed by atoms with Crippen molar-refractivity contribution in [3.05, 3.63) is 18.0 Å². The molecule has 0 saturated heterocycles. The van der Waals surface area contributed by atoms with Gasteiger partial charge < -0.3 is 16.0 Å². The van der Waals surface area contributed by atoms with E-state index < -0.39 is 0 Å². The second kappa shape index (κ2) is 7.52. The molecule has 0 aliphatic heterocycles. The highest BCUT2D eigenvalue weighted by Crippen LogP contribution is 2.14. The Balaban J connectivity index is 2.45. The van der Waals surface area contributed by atoms with E-state index in [1.807, 2.05) is 33.9 Å². The highest BCUT2D eigenvalue weighted by molar-refractivity contribution is 5.84. The molecule has 112 valence electrons. The summed E-state index contributed by atoms with van der Waals surface area (Å²) in [5.74, 6) is -0.205. The molecule has 3 N–H and O–H groups in total. The first kappa shape index (κ1) is 16.0. The predicted octanol–water partition coefficient (Wildman–Crippen LogP) is 0.695. The fourth-order valence-corrected chi connectivity index (χ4v) is 1.85. The number of hydrogen-bond acceptors (Lipinski definition) is 3. The highest BCUT2D eigenvalue weighted by Gasteiger charge is 2.16. The average molecular weight is 281 g/mol. The lowest BCUT2D eigenvalue weighted by Crippen LogP contribution is -2.44. The molecule has 0 spiro atoms. The van der Waals surface area contributed by atoms with Crippen molar-refractivity contribution in [2.24, 2.45) is 7.05 Å². The van der Waals surface area contributed by atoms with Crippen LogP contribution in [-0.4, -0.2) is 34.3 Å². The number of aryl methyl sites for hydroxylation is 1. The molecule has 7 heteroatoms. The van der Waals surface area contributed by atoms with E-state index in [-0.39, 0.29) is 30.6 Å². The van der Waals surface area contributed by atoms with Gasteiger partial charge in [-0.25, -0.2) is 4.79 Å². The van der Waals surface area contributed by atoms with E-state index >= 15 is 0 Å². The standard InChI is InChI=1S/C13H23N5O2/c1-5-10(11-6-7-15-18(11)4)17-13(20)14-8-12(19)16-9(2)3/h6-7,9-10H,5,8H2,1-4H3,(H,16,19)(H2,14,17,20)/t10-/m0/s1. The largest absolute Gasteiger partial charge is 0.352 e. The molecule has 0 aliphatic rings. The third-order valence-electron chi connectivity index (χ3n) is 2.79. The van der Waals surface area contributed by atoms with Crippen LogP contribution in [0, 0.1) is 0 Å². The second-order valence-electron chi connectivity index (χ2n) is 4.89. The number of carbonyl (C=O) groups excluding carboxylic acids is 2. The predicted molar refractivity (Wildman–Crippen MR) is 76.1 cm³/mol. The molecule has 0 saturated carbocycles. The fraction of sp³-hybridized carbons (Fsp3) is 0.615. The summed E-state index contributed by atoms with van der Waals surface area (Å²) in [4.78, 5) is 23.2. The normalized spacial score (nSPS) is 12.1. The fourth-order valence-electron chi connectivity index (χ4n) is 1.85. The Labute approximate surface area is 119 Å². The van der Waals surface area contributed by atoms with Gasteiger partial charge in [0.05, 0.1) is 18.3 Å². The monoisotopic (exact) mass is 281 g/mol. The van der Waals surface area contributed by atoms with Crippen molar-refractivity contribution < 1.29 is 9.59 Å². The van der Waals surface area contributed by atoms with Crippen molar-refractivity contribution >= 4 is 11.9 Å². The van der Waals surface area contributed by atoms with E-state index in [0.29, 0.717) is 0 Å². The van der Waals surface area contributed by atoms with Crippen LogP contribution in [0.4, 0.5) is 4.79 Å². The minimum Gasteiger partial charge on any atom is -0.352 e. The van der Waals surface area contributed by atoms with Crippen LogP contribution < -0.4 is 16.0 Å². The maximum absolute atomic E-state index is 11.8. The first-order valence-corrected chi connectivity index (χ1v) is 6.75. The zero-order valence-corrected chi connectivity index (χ0v) is 12.4. The Hall–Kier alpha value is -2.05. The van der Waals surface area contributed by atoms with Crippen LogP contribution in [0.1, 0.15) is 38.9 Å². The minimum absolute atomic E-state index is 0.0359. The Bertz CT molecular complexity index is 455. The molecule has 0 aromatic carbocycles. The van der Waals surface area contributed by atoms with Crippen LogP contribution in [0.2, 0.25) is 0 Å². The number of rotatable bonds is 6. The van der Waals surface area contributed by atoms with Gasteiger partial charge in [-0.05, 0) is 26.3 Å². The Morgan fingerprint density at radius 1 is 1.35 bits per heavy atom. The summed E-state index contributed by atoms with van der Waals surface area (Å²) in [6, 6.07) is 1.43. The van der Waals surface area contributed by atoms with E-state index in [9.17, 15) is 9.59 Å². The second-order valence-corrected chi connectivity index (χ2v) is 4.89. The van der Waals surface area contributed by atoms with Gasteiger partial charge in [0.15, 0.2) is 0 Å². The van der Waals surface area contributed by atoms with Crippen LogP contribution >= 0.6 is 0 Å². The van der Waals surface area contributed by atoms with Crippen LogP contribution in [0.25, 0.3) is 0 Å². The molecule has 1 atom stereocenters. The van der Waals surface area contributed by atoms with E-state index in [0.717, 1.165) is 12.1 Å². The van der Waals surface area contributed by atoms with Crippen LogP contribution in [0.15, 0.2) is 12.3 Å². The lowest BCUT2D eigenvalue weighted by Gasteiger charge is -2.18. The lowest BCUT2D eigenvalue weighted by molar-refractivity contribution is -0.120. The number of hydrogen-bond donors (Lipinski definition) is 3. The molecular weight excluding hydrogens is 258 g/mol. The number of amides is 3. The van der Waals surface area contributed by atoms with Gasteiger partial charge in [-0.1, -0.05) is 6.92 Å². The SMILES string of the molecule is CC[C@H](NC(=O)NCC(=O)NC(C)C)c1ccnn1C. The molecule has 0 unspecified atom stereocenters. The summed E-state index contributed by atoms with van der Waals surface area (Å²) in [7, 11) is 1.83. The Morgan fingerprint density at radius 2 is 2.05 bits per heavy atom. The summed E-state index contributed by atoms with van der Waals surface area (Å²) >= 11 is 0. The van der Waals surface area contributed by atoms with Gasteiger partial charge >= 0.3 is 6.03 Å². The number of nitrogens with zero attached hydrogens (tertiary/aromatic N) is 2. The molecule has 1 aromatic heterocycles. The molecule has 1 heterocycles. The van der Waals surface area contributed by atoms with Crippen molar-refractivity contribution in [2.45, 2.75) is 39.3 Å². The summed E-state index contributed by atoms with van der Waals surface area (Å²) in [6.45, 7) is 5.68. The Morgan fingerprint density at radius 3 is 2.55 bits per heavy atom. The number of nitrogens with one attached hydrogen (secondary N) is 3. The van der Waals surface area contributed by atoms with Gasteiger partial charge in [0.1, 0.15) is 0 Å². The van der Waals surface area contributed by atoms with E-state index in [4.69, 9.17) is 0 Å². The summed E-state index contributed by atoms with van der Waals surface area (Å²) in [5, 5.41) is 12.2. The van der Waals surface area contributed by atoms with Crippen molar-refractivity contribution in [3.63, 3.8) is 0 Å². The van der Waals surface area contributed by atoms with Crippen molar-refractivity contribution in [3.8, 4) is 0 Å². The number of urea groups is 1. The number of carbonyl (C=O) groups is 2. The van der Waals surface area contributed by atoms with Crippen LogP contribution in [-0.2, 0) is 11.8 Å². The molecule has 3 amide bonds. The highest BCUT2D eigenvalue weighted by atomic mass is 16.2. The summed E-state index contributed by atoms with van der Waals surface area (Å²) < 4.78 is 1.72. The first-order valence-electron chi connectivity index (χ1n) is 6.75. The third kappa shape index (κ3) is 4.91. The minimum atomic E-state index is -0.364. The van der Waals surface area contributed by atoms with Gasteiger partial charge in [0.2, 0.25) is 5.91 Å². The summed E-state index contributed by atoms with van der Waals surface area (Å²) in [5.41, 5.74) is 0.925. The molecule has 1 aromatic rings. The lowest BCUT2D eigenvalue weighted by atomic mass is 10.1. The third-order valence-corrected chi connectivity index (χ3v) is 2.79. The van der Waals surface area contributed by atoms with E-state index in [2.05, 4.69) is 21.0 Å². The molecule has 20 heavy (non-hydrogen) atoms. The average Bonchev–Trinajstić information content (AvgIpc) is 2.79. The maximum atomic E-state index is 11.8. The van der Waals surface area contributed by atoms with Crippen molar-refractivity contribution in [1.29, 1.82) is 0 Å². The van der Waals surface area contributed by atoms with Gasteiger partial charge in [-0.2, -0.15) is 5.10 Å². The molecule has 1 rings (SSSR count). The maximum Gasteiger partial charge on any atom is 0.315 e. The molecular formula is C13H23N5O2. The zero-order valence-electron chi connectivity index (χ0n) is 12.4. The molecule has 0 radical (unpaired) electrons. The quantitative estimate of drug-likeness (QED) is 0.717. The Kier molecular flexibility index (Phi) is 6.02. The summed E-state index contributed by atoms with van der Waals surface area (Å²) in [6.07, 6.45) is 2.43. The zero-order chi connectivity index (χ0) is 15.1. The molecule has 0 fully saturated rings. The van der Waals surface area contributed by atoms with Gasteiger partial charge in [-0.3, -0.25) is 9.48 Å². The molecule has 0 aliphatic carbocycles. The number of aromatic nitrogens is 2. The van der Waals surface area contributed by atoms with Crippen molar-refractivity contribution in [2.75, 3.05) is 6.54 Å². The smallest absolute Gasteiger partial charge is 0.315 e. The van der Waals surface area contributed by atoms with Crippen LogP contribution in [0.5, 0.6) is 0 Å². The first-order chi connectivity index (χ1) is 9.43. The van der Waals surface area contributed by atoms with Crippen molar-refractivity contribution in [1.82, 2.24) is 25.7 Å². The van der Waals surface area contributed by atoms with E-state index in [1.165, 1.54) is 0 Å². The van der Waals surface area contributed by atoms with Crippen LogP contribution in [0.3, 0.4) is 0 Å².